The molecule has 1 aromatic heterocycles. The van der Waals surface area contributed by atoms with E-state index in [0.717, 1.165) is 47.9 Å². The van der Waals surface area contributed by atoms with Gasteiger partial charge in [-0.15, -0.1) is 0 Å². The van der Waals surface area contributed by atoms with Gasteiger partial charge in [-0.25, -0.2) is 0 Å². The van der Waals surface area contributed by atoms with Crippen LogP contribution in [0, 0.1) is 0 Å². The number of hydrogen-bond acceptors (Lipinski definition) is 3. The van der Waals surface area contributed by atoms with E-state index in [2.05, 4.69) is 5.32 Å². The summed E-state index contributed by atoms with van der Waals surface area (Å²) in [6.45, 7) is 2.71. The predicted molar refractivity (Wildman–Crippen MR) is 124 cm³/mol. The van der Waals surface area contributed by atoms with Crippen molar-refractivity contribution in [2.45, 2.75) is 57.3 Å². The maximum Gasteiger partial charge on any atom is 0.271 e. The Morgan fingerprint density at radius 1 is 1.12 bits per heavy atom. The van der Waals surface area contributed by atoms with E-state index < -0.39 is 5.54 Å². The molecule has 1 atom stereocenters. The minimum Gasteiger partial charge on any atom is -0.496 e. The summed E-state index contributed by atoms with van der Waals surface area (Å²) in [6.07, 6.45) is 4.08. The Kier molecular flexibility index (Phi) is 5.16. The highest BCUT2D eigenvalue weighted by molar-refractivity contribution is 6.03. The van der Waals surface area contributed by atoms with Gasteiger partial charge in [-0.2, -0.15) is 0 Å². The van der Waals surface area contributed by atoms with Crippen molar-refractivity contribution >= 4 is 22.7 Å². The van der Waals surface area contributed by atoms with Crippen LogP contribution in [0.15, 0.2) is 54.6 Å². The van der Waals surface area contributed by atoms with Crippen LogP contribution in [0.4, 0.5) is 0 Å². The van der Waals surface area contributed by atoms with E-state index in [-0.39, 0.29) is 17.9 Å². The van der Waals surface area contributed by atoms with Gasteiger partial charge in [0.25, 0.3) is 5.91 Å². The van der Waals surface area contributed by atoms with Crippen LogP contribution >= 0.6 is 0 Å². The highest BCUT2D eigenvalue weighted by atomic mass is 16.5. The predicted octanol–water partition coefficient (Wildman–Crippen LogP) is 4.12. The summed E-state index contributed by atoms with van der Waals surface area (Å²) in [4.78, 5) is 29.4. The molecule has 2 heterocycles. The lowest BCUT2D eigenvalue weighted by Crippen LogP contribution is -2.66. The van der Waals surface area contributed by atoms with Gasteiger partial charge in [0, 0.05) is 29.1 Å². The van der Waals surface area contributed by atoms with Gasteiger partial charge in [0.1, 0.15) is 17.0 Å². The first-order chi connectivity index (χ1) is 15.5. The molecule has 6 nitrogen and oxygen atoms in total. The molecular formula is C26H29N3O3. The number of ether oxygens (including phenoxy) is 1. The molecule has 0 spiro atoms. The molecule has 2 aliphatic rings. The maximum atomic E-state index is 13.8. The summed E-state index contributed by atoms with van der Waals surface area (Å²) >= 11 is 0. The van der Waals surface area contributed by atoms with Crippen LogP contribution in [0.25, 0.3) is 10.9 Å². The third kappa shape index (κ3) is 3.25. The second-order valence-electron chi connectivity index (χ2n) is 9.06. The largest absolute Gasteiger partial charge is 0.496 e. The molecule has 166 valence electrons. The van der Waals surface area contributed by atoms with Gasteiger partial charge in [-0.05, 0) is 38.0 Å². The molecule has 0 unspecified atom stereocenters. The molecular weight excluding hydrogens is 402 g/mol. The summed E-state index contributed by atoms with van der Waals surface area (Å²) in [7, 11) is 1.63. The van der Waals surface area contributed by atoms with Crippen LogP contribution in [0.1, 0.15) is 48.7 Å². The number of amides is 2. The molecule has 1 aliphatic carbocycles. The van der Waals surface area contributed by atoms with Crippen molar-refractivity contribution in [2.24, 2.45) is 0 Å². The lowest BCUT2D eigenvalue weighted by Gasteiger charge is -2.47. The van der Waals surface area contributed by atoms with Gasteiger partial charge < -0.3 is 19.5 Å². The van der Waals surface area contributed by atoms with Crippen LogP contribution in [-0.4, -0.2) is 40.0 Å². The van der Waals surface area contributed by atoms with E-state index in [1.54, 1.807) is 7.11 Å². The monoisotopic (exact) mass is 431 g/mol. The number of rotatable bonds is 5. The van der Waals surface area contributed by atoms with Gasteiger partial charge in [0.05, 0.1) is 13.7 Å². The number of benzene rings is 2. The molecule has 1 aliphatic heterocycles. The molecule has 1 N–H and O–H groups in total. The number of hydrogen-bond donors (Lipinski definition) is 1. The minimum atomic E-state index is -0.969. The van der Waals surface area contributed by atoms with Gasteiger partial charge in [-0.3, -0.25) is 9.59 Å². The maximum absolute atomic E-state index is 13.8. The van der Waals surface area contributed by atoms with Crippen LogP contribution in [0.5, 0.6) is 5.75 Å². The van der Waals surface area contributed by atoms with Crippen LogP contribution in [-0.2, 0) is 17.9 Å². The van der Waals surface area contributed by atoms with E-state index in [1.165, 1.54) is 0 Å². The first-order valence-corrected chi connectivity index (χ1v) is 11.3. The van der Waals surface area contributed by atoms with Gasteiger partial charge in [0.2, 0.25) is 5.91 Å². The van der Waals surface area contributed by atoms with Crippen molar-refractivity contribution in [2.75, 3.05) is 7.11 Å². The first-order valence-electron chi connectivity index (χ1n) is 11.3. The minimum absolute atomic E-state index is 0.0470. The normalized spacial score (nSPS) is 21.1. The smallest absolute Gasteiger partial charge is 0.271 e. The fourth-order valence-corrected chi connectivity index (χ4v) is 5.42. The molecule has 32 heavy (non-hydrogen) atoms. The van der Waals surface area contributed by atoms with Crippen LogP contribution < -0.4 is 10.1 Å². The third-order valence-corrected chi connectivity index (χ3v) is 7.06. The van der Waals surface area contributed by atoms with Crippen molar-refractivity contribution in [3.8, 4) is 5.75 Å². The van der Waals surface area contributed by atoms with Gasteiger partial charge >= 0.3 is 0 Å². The number of aromatic nitrogens is 1. The fraction of sp³-hybridized carbons (Fsp3) is 0.385. The Labute approximate surface area is 188 Å². The zero-order valence-electron chi connectivity index (χ0n) is 18.6. The molecule has 1 saturated carbocycles. The van der Waals surface area contributed by atoms with Crippen LogP contribution in [0.3, 0.4) is 0 Å². The highest BCUT2D eigenvalue weighted by Gasteiger charge is 2.50. The number of carbonyl (C=O) groups is 2. The number of nitrogens with zero attached hydrogens (tertiary/aromatic N) is 2. The highest BCUT2D eigenvalue weighted by Crippen LogP contribution is 2.37. The second-order valence-corrected chi connectivity index (χ2v) is 9.06. The Morgan fingerprint density at radius 2 is 1.84 bits per heavy atom. The number of carbonyl (C=O) groups excluding carboxylic acids is 2. The lowest BCUT2D eigenvalue weighted by molar-refractivity contribution is -0.134. The molecule has 3 aromatic rings. The molecule has 0 saturated heterocycles. The molecule has 2 aromatic carbocycles. The van der Waals surface area contributed by atoms with Crippen molar-refractivity contribution < 1.29 is 14.3 Å². The quantitative estimate of drug-likeness (QED) is 0.661. The lowest BCUT2D eigenvalue weighted by atomic mass is 9.91. The van der Waals surface area contributed by atoms with Gasteiger partial charge in [-0.1, -0.05) is 49.2 Å². The fourth-order valence-electron chi connectivity index (χ4n) is 5.42. The van der Waals surface area contributed by atoms with E-state index in [4.69, 9.17) is 4.74 Å². The summed E-state index contributed by atoms with van der Waals surface area (Å²) in [6, 6.07) is 17.7. The molecule has 1 fully saturated rings. The van der Waals surface area contributed by atoms with Crippen LogP contribution in [0.2, 0.25) is 0 Å². The van der Waals surface area contributed by atoms with E-state index in [1.807, 2.05) is 71.0 Å². The Morgan fingerprint density at radius 3 is 2.62 bits per heavy atom. The average molecular weight is 432 g/mol. The van der Waals surface area contributed by atoms with Crippen molar-refractivity contribution in [1.29, 1.82) is 0 Å². The number of para-hydroxylation sites is 2. The van der Waals surface area contributed by atoms with Crippen molar-refractivity contribution in [3.05, 3.63) is 65.9 Å². The summed E-state index contributed by atoms with van der Waals surface area (Å²) in [5.74, 6) is 0.561. The van der Waals surface area contributed by atoms with Gasteiger partial charge in [0.15, 0.2) is 0 Å². The first kappa shape index (κ1) is 20.6. The summed E-state index contributed by atoms with van der Waals surface area (Å²) in [5, 5.41) is 4.13. The summed E-state index contributed by atoms with van der Waals surface area (Å²) in [5.41, 5.74) is 1.61. The van der Waals surface area contributed by atoms with Crippen molar-refractivity contribution in [1.82, 2.24) is 14.8 Å². The van der Waals surface area contributed by atoms with Crippen molar-refractivity contribution in [3.63, 3.8) is 0 Å². The standard InChI is InChI=1S/C26H29N3O3/c1-26(25(31)27-16-19-10-4-8-14-23(19)32-2)17-28-21-13-7-3-9-18(21)15-22(28)24(30)29(26)20-11-5-6-12-20/h3-4,7-10,13-15,20H,5-6,11-12,16-17H2,1-2H3,(H,27,31)/t26-/m0/s1. The molecule has 2 amide bonds. The third-order valence-electron chi connectivity index (χ3n) is 7.06. The number of methoxy groups -OCH3 is 1. The van der Waals surface area contributed by atoms with E-state index >= 15 is 0 Å². The SMILES string of the molecule is COc1ccccc1CNC(=O)[C@]1(C)Cn2c(cc3ccccc32)C(=O)N1C1CCCC1. The Balaban J connectivity index is 1.51. The molecule has 5 rings (SSSR count). The Hall–Kier alpha value is -3.28. The van der Waals surface area contributed by atoms with E-state index in [9.17, 15) is 9.59 Å². The van der Waals surface area contributed by atoms with E-state index in [0.29, 0.717) is 18.8 Å². The molecule has 0 radical (unpaired) electrons. The second kappa shape index (κ2) is 8.01. The Bertz CT molecular complexity index is 1180. The zero-order chi connectivity index (χ0) is 22.3. The topological polar surface area (TPSA) is 63.6 Å². The molecule has 6 heteroatoms. The number of nitrogens with one attached hydrogen (secondary N) is 1. The number of fused-ring (bicyclic) bond motifs is 3. The zero-order valence-corrected chi connectivity index (χ0v) is 18.6. The average Bonchev–Trinajstić information content (AvgIpc) is 3.46. The molecule has 0 bridgehead atoms. The summed E-state index contributed by atoms with van der Waals surface area (Å²) < 4.78 is 7.45.